The molecule has 0 aliphatic carbocycles. The van der Waals surface area contributed by atoms with E-state index in [2.05, 4.69) is 26.7 Å². The van der Waals surface area contributed by atoms with Gasteiger partial charge in [-0.05, 0) is 47.3 Å². The van der Waals surface area contributed by atoms with Gasteiger partial charge in [0.1, 0.15) is 17.4 Å². The van der Waals surface area contributed by atoms with Crippen LogP contribution in [0, 0.1) is 11.3 Å². The molecule has 0 radical (unpaired) electrons. The highest BCUT2D eigenvalue weighted by Crippen LogP contribution is 2.36. The van der Waals surface area contributed by atoms with Crippen LogP contribution in [-0.2, 0) is 4.79 Å². The van der Waals surface area contributed by atoms with Crippen LogP contribution in [0.3, 0.4) is 0 Å². The number of aliphatic imine (C=N–C) groups is 1. The van der Waals surface area contributed by atoms with Crippen LogP contribution in [0.5, 0.6) is 5.75 Å². The molecule has 2 heterocycles. The Morgan fingerprint density at radius 1 is 1.00 bits per heavy atom. The summed E-state index contributed by atoms with van der Waals surface area (Å²) in [5.74, 6) is -3.57. The number of aromatic nitrogens is 1. The summed E-state index contributed by atoms with van der Waals surface area (Å²) in [6, 6.07) is 20.5. The summed E-state index contributed by atoms with van der Waals surface area (Å²) >= 11 is 1.25. The van der Waals surface area contributed by atoms with Gasteiger partial charge >= 0.3 is 12.1 Å². The number of nitrogens with one attached hydrogen (secondary N) is 2. The Bertz CT molecular complexity index is 1770. The number of pyridine rings is 1. The number of nitrogens with zero attached hydrogens (tertiary/aromatic N) is 3. The standard InChI is InChI=1S/C27H23N7O3S.C2HF3O2/c28-15-20-19(16-5-3-6-17(13-16)25(36)31-10-11-32-27(29)30)14-21(18-7-1-2-8-22(18)35)33-24(20)34-26(37)23-9-4-12-38-23;3-2(4,5)1(6)7/h1-9,12-14,35H,10-11H2,(H,31,36)(H4,29,30,32)(H,33,34,37);(H,6,7). The number of aromatic hydroxyl groups is 1. The molecular formula is C29H24F3N7O5S. The van der Waals surface area contributed by atoms with Crippen molar-refractivity contribution in [1.82, 2.24) is 10.3 Å². The summed E-state index contributed by atoms with van der Waals surface area (Å²) in [6.45, 7) is 0.462. The van der Waals surface area contributed by atoms with Crippen LogP contribution >= 0.6 is 11.3 Å². The number of anilines is 1. The van der Waals surface area contributed by atoms with Crippen LogP contribution in [0.25, 0.3) is 22.4 Å². The topological polar surface area (TPSA) is 217 Å². The smallest absolute Gasteiger partial charge is 0.490 e. The van der Waals surface area contributed by atoms with E-state index in [0.29, 0.717) is 32.8 Å². The van der Waals surface area contributed by atoms with Gasteiger partial charge in [0.2, 0.25) is 0 Å². The fourth-order valence-electron chi connectivity index (χ4n) is 3.67. The van der Waals surface area contributed by atoms with Gasteiger partial charge in [-0.15, -0.1) is 11.3 Å². The van der Waals surface area contributed by atoms with E-state index in [1.54, 1.807) is 66.0 Å². The highest BCUT2D eigenvalue weighted by Gasteiger charge is 2.38. The minimum atomic E-state index is -5.08. The lowest BCUT2D eigenvalue weighted by atomic mass is 9.96. The van der Waals surface area contributed by atoms with Crippen LogP contribution in [0.2, 0.25) is 0 Å². The van der Waals surface area contributed by atoms with Crippen molar-refractivity contribution in [3.8, 4) is 34.2 Å². The van der Waals surface area contributed by atoms with Crippen LogP contribution in [0.1, 0.15) is 25.6 Å². The Morgan fingerprint density at radius 3 is 2.31 bits per heavy atom. The highest BCUT2D eigenvalue weighted by molar-refractivity contribution is 7.12. The third-order valence-corrected chi connectivity index (χ3v) is 6.53. The molecule has 8 N–H and O–H groups in total. The number of carboxylic acids is 1. The molecule has 0 fully saturated rings. The fourth-order valence-corrected chi connectivity index (χ4v) is 4.28. The Morgan fingerprint density at radius 2 is 1.71 bits per heavy atom. The third-order valence-electron chi connectivity index (χ3n) is 5.66. The van der Waals surface area contributed by atoms with Gasteiger partial charge in [0.25, 0.3) is 11.8 Å². The zero-order valence-electron chi connectivity index (χ0n) is 23.0. The number of nitrogens with two attached hydrogens (primary N) is 2. The Kier molecular flexibility index (Phi) is 11.2. The summed E-state index contributed by atoms with van der Waals surface area (Å²) in [4.78, 5) is 43.2. The van der Waals surface area contributed by atoms with E-state index >= 15 is 0 Å². The van der Waals surface area contributed by atoms with Crippen molar-refractivity contribution in [2.45, 2.75) is 6.18 Å². The van der Waals surface area contributed by atoms with Gasteiger partial charge < -0.3 is 32.3 Å². The molecule has 2 aromatic heterocycles. The molecule has 12 nitrogen and oxygen atoms in total. The lowest BCUT2D eigenvalue weighted by Gasteiger charge is -2.14. The molecule has 0 saturated carbocycles. The average molecular weight is 640 g/mol. The first-order valence-electron chi connectivity index (χ1n) is 12.6. The van der Waals surface area contributed by atoms with Gasteiger partial charge in [0.15, 0.2) is 11.8 Å². The van der Waals surface area contributed by atoms with E-state index < -0.39 is 18.1 Å². The number of carboxylic acid groups (broad SMARTS) is 1. The van der Waals surface area contributed by atoms with Crippen molar-refractivity contribution >= 4 is 40.9 Å². The molecule has 2 aromatic carbocycles. The first-order chi connectivity index (χ1) is 21.3. The number of aliphatic carboxylic acids is 1. The predicted molar refractivity (Wildman–Crippen MR) is 160 cm³/mol. The Balaban J connectivity index is 0.000000707. The van der Waals surface area contributed by atoms with Gasteiger partial charge in [-0.1, -0.05) is 30.3 Å². The van der Waals surface area contributed by atoms with Crippen molar-refractivity contribution in [3.63, 3.8) is 0 Å². The summed E-state index contributed by atoms with van der Waals surface area (Å²) in [5, 5.41) is 34.9. The monoisotopic (exact) mass is 639 g/mol. The first-order valence-corrected chi connectivity index (χ1v) is 13.5. The number of amides is 2. The first kappa shape index (κ1) is 33.6. The number of benzene rings is 2. The highest BCUT2D eigenvalue weighted by atomic mass is 32.1. The van der Waals surface area contributed by atoms with Crippen molar-refractivity contribution in [3.05, 3.63) is 88.1 Å². The Labute approximate surface area is 257 Å². The maximum Gasteiger partial charge on any atom is 0.490 e. The lowest BCUT2D eigenvalue weighted by molar-refractivity contribution is -0.192. The number of nitriles is 1. The number of alkyl halides is 3. The third kappa shape index (κ3) is 9.27. The number of phenolic OH excluding ortho intramolecular Hbond substituents is 1. The van der Waals surface area contributed by atoms with E-state index in [4.69, 9.17) is 21.4 Å². The molecule has 0 spiro atoms. The maximum atomic E-state index is 12.8. The fraction of sp³-hybridized carbons (Fsp3) is 0.103. The maximum absolute atomic E-state index is 12.8. The van der Waals surface area contributed by atoms with Crippen molar-refractivity contribution in [2.24, 2.45) is 16.5 Å². The molecule has 0 aliphatic heterocycles. The zero-order valence-corrected chi connectivity index (χ0v) is 23.8. The second-order valence-corrected chi connectivity index (χ2v) is 9.73. The quantitative estimate of drug-likeness (QED) is 0.0933. The van der Waals surface area contributed by atoms with Gasteiger partial charge in [0.05, 0.1) is 17.1 Å². The average Bonchev–Trinajstić information content (AvgIpc) is 3.54. The molecule has 0 bridgehead atoms. The minimum Gasteiger partial charge on any atom is -0.507 e. The lowest BCUT2D eigenvalue weighted by Crippen LogP contribution is -2.28. The number of hydrogen-bond acceptors (Lipinski definition) is 8. The van der Waals surface area contributed by atoms with Gasteiger partial charge in [-0.2, -0.15) is 18.4 Å². The van der Waals surface area contributed by atoms with E-state index in [9.17, 15) is 33.1 Å². The number of rotatable bonds is 8. The van der Waals surface area contributed by atoms with E-state index in [1.807, 2.05) is 0 Å². The van der Waals surface area contributed by atoms with Crippen LogP contribution in [0.15, 0.2) is 77.1 Å². The van der Waals surface area contributed by atoms with Gasteiger partial charge in [-0.3, -0.25) is 14.6 Å². The van der Waals surface area contributed by atoms with Crippen molar-refractivity contribution in [1.29, 1.82) is 5.26 Å². The number of phenols is 1. The number of carbonyl (C=O) groups is 3. The SMILES string of the molecule is N#Cc1c(-c2cccc(C(=O)NCCN=C(N)N)c2)cc(-c2ccccc2O)nc1NC(=O)c1cccs1.O=C(O)C(F)(F)F. The van der Waals surface area contributed by atoms with E-state index in [1.165, 1.54) is 17.4 Å². The molecule has 0 unspecified atom stereocenters. The summed E-state index contributed by atoms with van der Waals surface area (Å²) in [6.07, 6.45) is -5.08. The molecule has 0 atom stereocenters. The number of thiophene rings is 1. The predicted octanol–water partition coefficient (Wildman–Crippen LogP) is 3.94. The van der Waals surface area contributed by atoms with Crippen LogP contribution in [0.4, 0.5) is 19.0 Å². The van der Waals surface area contributed by atoms with E-state index in [-0.39, 0.29) is 42.1 Å². The number of guanidine groups is 1. The molecule has 2 amide bonds. The minimum absolute atomic E-state index is 0.0138. The van der Waals surface area contributed by atoms with Gasteiger partial charge in [0, 0.05) is 23.2 Å². The molecular weight excluding hydrogens is 615 g/mol. The van der Waals surface area contributed by atoms with Crippen molar-refractivity contribution in [2.75, 3.05) is 18.4 Å². The van der Waals surface area contributed by atoms with Crippen molar-refractivity contribution < 1.29 is 37.8 Å². The largest absolute Gasteiger partial charge is 0.507 e. The number of hydrogen-bond donors (Lipinski definition) is 6. The Hall–Kier alpha value is -5.95. The summed E-state index contributed by atoms with van der Waals surface area (Å²) in [7, 11) is 0. The molecule has 232 valence electrons. The number of carbonyl (C=O) groups excluding carboxylic acids is 2. The van der Waals surface area contributed by atoms with E-state index in [0.717, 1.165) is 0 Å². The zero-order chi connectivity index (χ0) is 33.1. The van der Waals surface area contributed by atoms with Crippen LogP contribution in [-0.4, -0.2) is 58.2 Å². The second-order valence-electron chi connectivity index (χ2n) is 8.79. The normalized spacial score (nSPS) is 10.4. The number of para-hydroxylation sites is 1. The number of halogens is 3. The molecule has 4 aromatic rings. The second kappa shape index (κ2) is 15.0. The molecule has 16 heteroatoms. The molecule has 45 heavy (non-hydrogen) atoms. The molecule has 0 saturated heterocycles. The van der Waals surface area contributed by atoms with Gasteiger partial charge in [-0.25, -0.2) is 9.78 Å². The summed E-state index contributed by atoms with van der Waals surface area (Å²) in [5.41, 5.74) is 12.8. The summed E-state index contributed by atoms with van der Waals surface area (Å²) < 4.78 is 31.7. The van der Waals surface area contributed by atoms with Crippen LogP contribution < -0.4 is 22.1 Å². The molecule has 4 rings (SSSR count). The molecule has 0 aliphatic rings.